The van der Waals surface area contributed by atoms with Crippen LogP contribution in [-0.2, 0) is 19.2 Å². The van der Waals surface area contributed by atoms with Crippen LogP contribution in [0.3, 0.4) is 0 Å². The van der Waals surface area contributed by atoms with Gasteiger partial charge >= 0.3 is 0 Å². The second-order valence-corrected chi connectivity index (χ2v) is 7.59. The maximum atomic E-state index is 12.4. The zero-order chi connectivity index (χ0) is 20.4. The molecule has 0 fully saturated rings. The SMILES string of the molecule is CC(C)C[C@H](NC(=O)[C@H](C)NC(=O)[C@@H](N)CC(C)C)C(=O)N[C@@H](C)C=O. The lowest BCUT2D eigenvalue weighted by Gasteiger charge is -2.24. The number of carbonyl (C=O) groups excluding carboxylic acids is 4. The molecule has 0 aliphatic heterocycles. The van der Waals surface area contributed by atoms with Crippen LogP contribution in [0.2, 0.25) is 0 Å². The highest BCUT2D eigenvalue weighted by Gasteiger charge is 2.26. The van der Waals surface area contributed by atoms with Crippen molar-refractivity contribution in [1.29, 1.82) is 0 Å². The number of aldehydes is 1. The molecule has 5 N–H and O–H groups in total. The zero-order valence-electron chi connectivity index (χ0n) is 16.7. The van der Waals surface area contributed by atoms with Crippen molar-refractivity contribution in [1.82, 2.24) is 16.0 Å². The molecule has 0 saturated heterocycles. The molecule has 8 nitrogen and oxygen atoms in total. The number of amides is 3. The fraction of sp³-hybridized carbons (Fsp3) is 0.778. The Morgan fingerprint density at radius 3 is 1.81 bits per heavy atom. The Balaban J connectivity index is 4.83. The third-order valence-corrected chi connectivity index (χ3v) is 3.73. The van der Waals surface area contributed by atoms with Gasteiger partial charge in [0, 0.05) is 0 Å². The third-order valence-electron chi connectivity index (χ3n) is 3.73. The predicted octanol–water partition coefficient (Wildman–Crippen LogP) is 0.0990. The van der Waals surface area contributed by atoms with Gasteiger partial charge in [0.05, 0.1) is 12.1 Å². The van der Waals surface area contributed by atoms with Crippen LogP contribution in [0.4, 0.5) is 0 Å². The average molecular weight is 370 g/mol. The number of hydrogen-bond acceptors (Lipinski definition) is 5. The van der Waals surface area contributed by atoms with E-state index in [4.69, 9.17) is 5.73 Å². The van der Waals surface area contributed by atoms with Gasteiger partial charge in [-0.1, -0.05) is 27.7 Å². The summed E-state index contributed by atoms with van der Waals surface area (Å²) in [6.45, 7) is 10.8. The maximum Gasteiger partial charge on any atom is 0.243 e. The van der Waals surface area contributed by atoms with Crippen LogP contribution in [0.25, 0.3) is 0 Å². The summed E-state index contributed by atoms with van der Waals surface area (Å²) in [5, 5.41) is 7.74. The van der Waals surface area contributed by atoms with Crippen molar-refractivity contribution in [3.63, 3.8) is 0 Å². The molecule has 8 heteroatoms. The van der Waals surface area contributed by atoms with E-state index in [1.165, 1.54) is 6.92 Å². The van der Waals surface area contributed by atoms with Gasteiger partial charge in [0.1, 0.15) is 18.4 Å². The first kappa shape index (κ1) is 24.0. The van der Waals surface area contributed by atoms with E-state index >= 15 is 0 Å². The van der Waals surface area contributed by atoms with Gasteiger partial charge in [-0.15, -0.1) is 0 Å². The van der Waals surface area contributed by atoms with E-state index in [2.05, 4.69) is 16.0 Å². The Kier molecular flexibility index (Phi) is 10.7. The molecular weight excluding hydrogens is 336 g/mol. The molecule has 3 amide bonds. The maximum absolute atomic E-state index is 12.4. The summed E-state index contributed by atoms with van der Waals surface area (Å²) in [5.74, 6) is -0.891. The van der Waals surface area contributed by atoms with Crippen LogP contribution in [0.5, 0.6) is 0 Å². The average Bonchev–Trinajstić information content (AvgIpc) is 2.52. The van der Waals surface area contributed by atoms with Crippen LogP contribution in [-0.4, -0.2) is 48.2 Å². The van der Waals surface area contributed by atoms with Crippen LogP contribution in [0.1, 0.15) is 54.4 Å². The Bertz CT molecular complexity index is 494. The van der Waals surface area contributed by atoms with Crippen LogP contribution in [0, 0.1) is 11.8 Å². The van der Waals surface area contributed by atoms with Gasteiger partial charge in [0.2, 0.25) is 17.7 Å². The Hall–Kier alpha value is -1.96. The quantitative estimate of drug-likeness (QED) is 0.383. The summed E-state index contributed by atoms with van der Waals surface area (Å²) >= 11 is 0. The van der Waals surface area contributed by atoms with Crippen molar-refractivity contribution < 1.29 is 19.2 Å². The molecule has 0 bridgehead atoms. The van der Waals surface area contributed by atoms with Crippen LogP contribution < -0.4 is 21.7 Å². The standard InChI is InChI=1S/C18H34N4O4/c1-10(2)7-14(19)17(25)21-13(6)16(24)22-15(8-11(3)4)18(26)20-12(5)9-23/h9-15H,7-8,19H2,1-6H3,(H,20,26)(H,21,25)(H,22,24)/t12-,13-,14-,15-/m0/s1. The van der Waals surface area contributed by atoms with Gasteiger partial charge in [-0.3, -0.25) is 14.4 Å². The highest BCUT2D eigenvalue weighted by molar-refractivity contribution is 5.93. The van der Waals surface area contributed by atoms with Gasteiger partial charge in [0.25, 0.3) is 0 Å². The van der Waals surface area contributed by atoms with E-state index in [0.29, 0.717) is 19.1 Å². The third kappa shape index (κ3) is 9.50. The molecule has 0 aliphatic carbocycles. The summed E-state index contributed by atoms with van der Waals surface area (Å²) in [5.41, 5.74) is 5.81. The molecule has 0 unspecified atom stereocenters. The minimum atomic E-state index is -0.827. The monoisotopic (exact) mass is 370 g/mol. The summed E-state index contributed by atoms with van der Waals surface area (Å²) in [6, 6.07) is -2.94. The minimum Gasteiger partial charge on any atom is -0.345 e. The first-order chi connectivity index (χ1) is 12.0. The highest BCUT2D eigenvalue weighted by atomic mass is 16.2. The first-order valence-corrected chi connectivity index (χ1v) is 9.09. The zero-order valence-corrected chi connectivity index (χ0v) is 16.7. The number of nitrogens with two attached hydrogens (primary N) is 1. The van der Waals surface area contributed by atoms with Gasteiger partial charge < -0.3 is 26.5 Å². The fourth-order valence-corrected chi connectivity index (χ4v) is 2.36. The van der Waals surface area contributed by atoms with E-state index in [1.54, 1.807) is 6.92 Å². The number of carbonyl (C=O) groups is 4. The second-order valence-electron chi connectivity index (χ2n) is 7.59. The van der Waals surface area contributed by atoms with Gasteiger partial charge in [-0.05, 0) is 38.5 Å². The number of hydrogen-bond donors (Lipinski definition) is 4. The summed E-state index contributed by atoms with van der Waals surface area (Å²) < 4.78 is 0. The lowest BCUT2D eigenvalue weighted by molar-refractivity contribution is -0.132. The molecule has 0 aromatic rings. The summed E-state index contributed by atoms with van der Waals surface area (Å²) in [6.07, 6.45) is 1.55. The normalized spacial score (nSPS) is 15.7. The van der Waals surface area contributed by atoms with Crippen molar-refractivity contribution in [2.75, 3.05) is 0 Å². The molecule has 0 aromatic heterocycles. The lowest BCUT2D eigenvalue weighted by atomic mass is 10.0. The van der Waals surface area contributed by atoms with E-state index in [-0.39, 0.29) is 11.8 Å². The molecule has 0 spiro atoms. The smallest absolute Gasteiger partial charge is 0.243 e. The van der Waals surface area contributed by atoms with Crippen LogP contribution in [0.15, 0.2) is 0 Å². The largest absolute Gasteiger partial charge is 0.345 e. The molecule has 150 valence electrons. The molecule has 26 heavy (non-hydrogen) atoms. The van der Waals surface area contributed by atoms with Crippen molar-refractivity contribution >= 4 is 24.0 Å². The van der Waals surface area contributed by atoms with E-state index < -0.39 is 41.9 Å². The topological polar surface area (TPSA) is 130 Å². The second kappa shape index (κ2) is 11.6. The number of rotatable bonds is 11. The molecule has 0 rings (SSSR count). The molecule has 0 saturated carbocycles. The predicted molar refractivity (Wildman–Crippen MR) is 100 cm³/mol. The molecule has 4 atom stereocenters. The molecule has 0 aliphatic rings. The molecular formula is C18H34N4O4. The van der Waals surface area contributed by atoms with E-state index in [9.17, 15) is 19.2 Å². The minimum absolute atomic E-state index is 0.155. The van der Waals surface area contributed by atoms with Gasteiger partial charge in [-0.25, -0.2) is 0 Å². The molecule has 0 aromatic carbocycles. The van der Waals surface area contributed by atoms with E-state index in [1.807, 2.05) is 27.7 Å². The summed E-state index contributed by atoms with van der Waals surface area (Å²) in [4.78, 5) is 47.4. The fourth-order valence-electron chi connectivity index (χ4n) is 2.36. The molecule has 0 radical (unpaired) electrons. The van der Waals surface area contributed by atoms with Gasteiger partial charge in [0.15, 0.2) is 0 Å². The molecule has 0 heterocycles. The van der Waals surface area contributed by atoms with Crippen molar-refractivity contribution in [3.8, 4) is 0 Å². The summed E-state index contributed by atoms with van der Waals surface area (Å²) in [7, 11) is 0. The Labute approximate surface area is 156 Å². The van der Waals surface area contributed by atoms with Crippen LogP contribution >= 0.6 is 0 Å². The number of nitrogens with one attached hydrogen (secondary N) is 3. The Morgan fingerprint density at radius 2 is 1.35 bits per heavy atom. The van der Waals surface area contributed by atoms with Crippen molar-refractivity contribution in [3.05, 3.63) is 0 Å². The first-order valence-electron chi connectivity index (χ1n) is 9.09. The highest BCUT2D eigenvalue weighted by Crippen LogP contribution is 2.06. The van der Waals surface area contributed by atoms with E-state index in [0.717, 1.165) is 0 Å². The van der Waals surface area contributed by atoms with Crippen molar-refractivity contribution in [2.45, 2.75) is 78.6 Å². The lowest BCUT2D eigenvalue weighted by Crippen LogP contribution is -2.55. The Morgan fingerprint density at radius 1 is 0.808 bits per heavy atom. The van der Waals surface area contributed by atoms with Crippen molar-refractivity contribution in [2.24, 2.45) is 17.6 Å². The van der Waals surface area contributed by atoms with Gasteiger partial charge in [-0.2, -0.15) is 0 Å².